The number of allylic oxidation sites excluding steroid dienone is 7. The van der Waals surface area contributed by atoms with Crippen LogP contribution in [0.5, 0.6) is 5.75 Å². The van der Waals surface area contributed by atoms with E-state index in [0.29, 0.717) is 28.2 Å². The number of para-hydroxylation sites is 1. The van der Waals surface area contributed by atoms with Crippen molar-refractivity contribution >= 4 is 29.1 Å². The highest BCUT2D eigenvalue weighted by Crippen LogP contribution is 2.57. The summed E-state index contributed by atoms with van der Waals surface area (Å²) in [7, 11) is 0. The van der Waals surface area contributed by atoms with Crippen molar-refractivity contribution < 1.29 is 50.6 Å². The number of hydrogen-bond acceptors (Lipinski definition) is 5. The van der Waals surface area contributed by atoms with E-state index in [-0.39, 0.29) is 53.4 Å². The number of fused-ring (bicyclic) bond motifs is 3. The van der Waals surface area contributed by atoms with Gasteiger partial charge in [-0.05, 0) is 61.9 Å². The third-order valence-corrected chi connectivity index (χ3v) is 9.22. The molecule has 0 radical (unpaired) electrons. The molecule has 1 aliphatic heterocycles. The number of aromatic hydroxyl groups is 1. The smallest absolute Gasteiger partial charge is 0.416 e. The number of phenolic OH excluding ortho intramolecular Hbond substituents is 1. The minimum Gasteiger partial charge on any atom is -0.507 e. The van der Waals surface area contributed by atoms with Gasteiger partial charge in [-0.25, -0.2) is 4.90 Å². The maximum absolute atomic E-state index is 14.0. The molecule has 1 N–H and O–H groups in total. The second-order valence-electron chi connectivity index (χ2n) is 11.9. The second-order valence-corrected chi connectivity index (χ2v) is 11.9. The lowest BCUT2D eigenvalue weighted by molar-refractivity contribution is -0.143. The van der Waals surface area contributed by atoms with Crippen LogP contribution in [-0.2, 0) is 38.0 Å². The van der Waals surface area contributed by atoms with E-state index in [0.717, 1.165) is 0 Å². The van der Waals surface area contributed by atoms with Crippen molar-refractivity contribution in [2.24, 2.45) is 17.8 Å². The number of nitrogens with zero attached hydrogens (tertiary/aromatic N) is 1. The van der Waals surface area contributed by atoms with Gasteiger partial charge in [-0.15, -0.1) is 6.58 Å². The molecule has 6 rings (SSSR count). The van der Waals surface area contributed by atoms with Crippen LogP contribution in [0.2, 0.25) is 0 Å². The van der Waals surface area contributed by atoms with Gasteiger partial charge >= 0.3 is 12.4 Å². The van der Waals surface area contributed by atoms with Crippen molar-refractivity contribution in [3.05, 3.63) is 106 Å². The fourth-order valence-corrected chi connectivity index (χ4v) is 7.22. The van der Waals surface area contributed by atoms with Crippen molar-refractivity contribution in [2.75, 3.05) is 4.90 Å². The van der Waals surface area contributed by atoms with Crippen LogP contribution in [0.15, 0.2) is 83.5 Å². The van der Waals surface area contributed by atoms with Gasteiger partial charge in [0.1, 0.15) is 5.75 Å². The number of benzene rings is 2. The van der Waals surface area contributed by atoms with Crippen LogP contribution in [0.1, 0.15) is 47.9 Å². The van der Waals surface area contributed by atoms with Crippen molar-refractivity contribution in [3.8, 4) is 5.75 Å². The number of amides is 2. The number of halogens is 6. The molecule has 4 aliphatic rings. The number of hydrogen-bond donors (Lipinski definition) is 1. The molecule has 2 aromatic rings. The molecule has 46 heavy (non-hydrogen) atoms. The van der Waals surface area contributed by atoms with Gasteiger partial charge in [-0.2, -0.15) is 26.3 Å². The van der Waals surface area contributed by atoms with Gasteiger partial charge in [0.05, 0.1) is 28.7 Å². The van der Waals surface area contributed by atoms with E-state index in [1.54, 1.807) is 30.4 Å². The summed E-state index contributed by atoms with van der Waals surface area (Å²) in [6.45, 7) is 5.14. The Labute approximate surface area is 258 Å². The van der Waals surface area contributed by atoms with Gasteiger partial charge in [0.25, 0.3) is 0 Å². The van der Waals surface area contributed by atoms with E-state index in [1.807, 2.05) is 0 Å². The zero-order chi connectivity index (χ0) is 33.5. The molecule has 1 saturated heterocycles. The molecule has 2 amide bonds. The largest absolute Gasteiger partial charge is 0.507 e. The van der Waals surface area contributed by atoms with E-state index in [9.17, 15) is 50.6 Å². The molecule has 4 unspecified atom stereocenters. The summed E-state index contributed by atoms with van der Waals surface area (Å²) in [6.07, 6.45) is -6.01. The predicted molar refractivity (Wildman–Crippen MR) is 152 cm³/mol. The first-order valence-corrected chi connectivity index (χ1v) is 14.3. The third kappa shape index (κ3) is 4.81. The first-order chi connectivity index (χ1) is 21.5. The molecule has 238 valence electrons. The van der Waals surface area contributed by atoms with Crippen molar-refractivity contribution in [1.82, 2.24) is 0 Å². The normalized spacial score (nSPS) is 24.8. The van der Waals surface area contributed by atoms with Gasteiger partial charge in [0.2, 0.25) is 11.8 Å². The lowest BCUT2D eigenvalue weighted by Gasteiger charge is -2.42. The predicted octanol–water partition coefficient (Wildman–Crippen LogP) is 6.79. The minimum absolute atomic E-state index is 0.0865. The summed E-state index contributed by atoms with van der Waals surface area (Å²) in [5.74, 6) is -7.37. The molecular formula is C34H25F6NO5. The lowest BCUT2D eigenvalue weighted by Crippen LogP contribution is -2.39. The maximum Gasteiger partial charge on any atom is 0.416 e. The Balaban J connectivity index is 1.49. The van der Waals surface area contributed by atoms with E-state index < -0.39 is 76.2 Å². The molecule has 1 fully saturated rings. The van der Waals surface area contributed by atoms with Crippen LogP contribution in [0.25, 0.3) is 0 Å². The Bertz CT molecular complexity index is 1810. The van der Waals surface area contributed by atoms with E-state index in [2.05, 4.69) is 6.58 Å². The van der Waals surface area contributed by atoms with Crippen LogP contribution in [0.4, 0.5) is 32.0 Å². The van der Waals surface area contributed by atoms with E-state index in [1.165, 1.54) is 13.0 Å². The Morgan fingerprint density at radius 3 is 2.22 bits per heavy atom. The monoisotopic (exact) mass is 641 g/mol. The molecule has 0 spiro atoms. The number of carbonyl (C=O) groups excluding carboxylic acids is 4. The average Bonchev–Trinajstić information content (AvgIpc) is 3.24. The summed E-state index contributed by atoms with van der Waals surface area (Å²) in [4.78, 5) is 54.9. The maximum atomic E-state index is 14.0. The fourth-order valence-electron chi connectivity index (χ4n) is 7.22. The summed E-state index contributed by atoms with van der Waals surface area (Å²) >= 11 is 0. The summed E-state index contributed by atoms with van der Waals surface area (Å²) in [6, 6.07) is 5.46. The van der Waals surface area contributed by atoms with E-state index >= 15 is 0 Å². The Morgan fingerprint density at radius 1 is 0.957 bits per heavy atom. The van der Waals surface area contributed by atoms with Crippen LogP contribution in [0, 0.1) is 17.8 Å². The van der Waals surface area contributed by atoms with Crippen LogP contribution in [-0.4, -0.2) is 28.5 Å². The summed E-state index contributed by atoms with van der Waals surface area (Å²) in [5, 5.41) is 11.3. The second kappa shape index (κ2) is 10.7. The SMILES string of the molecule is C=CCc1cccc(C2C3=CCC4C(=O)N(c5cc(C(F)(F)F)cc(C(F)(F)F)c5)C(=O)C4C3CC3=C2C(=O)C=C(C)C3=O)c1O. The molecule has 3 aliphatic carbocycles. The van der Waals surface area contributed by atoms with Crippen molar-refractivity contribution in [1.29, 1.82) is 0 Å². The quantitative estimate of drug-likeness (QED) is 0.172. The molecule has 1 heterocycles. The highest BCUT2D eigenvalue weighted by Gasteiger charge is 2.57. The highest BCUT2D eigenvalue weighted by atomic mass is 19.4. The highest BCUT2D eigenvalue weighted by molar-refractivity contribution is 6.25. The lowest BCUT2D eigenvalue weighted by atomic mass is 9.59. The van der Waals surface area contributed by atoms with Gasteiger partial charge in [0.15, 0.2) is 11.6 Å². The number of Topliss-reactive ketones (excluding diaryl/α,β-unsaturated/α-hetero) is 1. The molecule has 4 atom stereocenters. The first kappa shape index (κ1) is 31.3. The van der Waals surface area contributed by atoms with Gasteiger partial charge in [0, 0.05) is 28.2 Å². The van der Waals surface area contributed by atoms with E-state index in [4.69, 9.17) is 0 Å². The zero-order valence-corrected chi connectivity index (χ0v) is 24.1. The minimum atomic E-state index is -5.20. The summed E-state index contributed by atoms with van der Waals surface area (Å²) < 4.78 is 81.9. The first-order valence-electron chi connectivity index (χ1n) is 14.3. The number of carbonyl (C=O) groups is 4. The topological polar surface area (TPSA) is 91.8 Å². The van der Waals surface area contributed by atoms with Crippen LogP contribution in [0.3, 0.4) is 0 Å². The molecule has 12 heteroatoms. The molecule has 0 saturated carbocycles. The van der Waals surface area contributed by atoms with Crippen molar-refractivity contribution in [3.63, 3.8) is 0 Å². The van der Waals surface area contributed by atoms with Crippen LogP contribution < -0.4 is 4.90 Å². The van der Waals surface area contributed by atoms with Gasteiger partial charge < -0.3 is 5.11 Å². The number of anilines is 1. The molecule has 0 aromatic heterocycles. The number of imide groups is 1. The number of phenols is 1. The fraction of sp³-hybridized carbons (Fsp3) is 0.294. The Kier molecular flexibility index (Phi) is 7.25. The number of alkyl halides is 6. The Hall–Kier alpha value is -4.74. The average molecular weight is 642 g/mol. The Morgan fingerprint density at radius 2 is 1.61 bits per heavy atom. The molecule has 2 aromatic carbocycles. The van der Waals surface area contributed by atoms with Crippen molar-refractivity contribution in [2.45, 2.75) is 44.5 Å². The summed E-state index contributed by atoms with van der Waals surface area (Å²) in [5.41, 5.74) is -2.66. The third-order valence-electron chi connectivity index (χ3n) is 9.22. The number of ketones is 2. The van der Waals surface area contributed by atoms with Gasteiger partial charge in [-0.1, -0.05) is 35.9 Å². The molecule has 0 bridgehead atoms. The molecule has 6 nitrogen and oxygen atoms in total. The molecular weight excluding hydrogens is 616 g/mol. The standard InChI is InChI=1S/C34H25F6NO5/c1-3-5-16-6-4-7-21(30(16)44)26-20-8-9-22-27(23(20)14-24-28(26)25(42)10-15(2)29(24)43)32(46)41(31(22)45)19-12-17(33(35,36)37)11-18(13-19)34(38,39)40/h3-4,6-8,10-13,22-23,26-27,44H,1,5,9,14H2,2H3. The van der Waals surface area contributed by atoms with Crippen LogP contribution >= 0.6 is 0 Å². The van der Waals surface area contributed by atoms with Gasteiger partial charge in [-0.3, -0.25) is 19.2 Å². The number of rotatable bonds is 4. The zero-order valence-electron chi connectivity index (χ0n) is 24.1.